The number of nitrogens with zero attached hydrogens (tertiary/aromatic N) is 5. The Morgan fingerprint density at radius 3 is 2.87 bits per heavy atom. The molecule has 0 aliphatic carbocycles. The van der Waals surface area contributed by atoms with E-state index in [-0.39, 0.29) is 0 Å². The summed E-state index contributed by atoms with van der Waals surface area (Å²) in [4.78, 5) is 11.5. The van der Waals surface area contributed by atoms with Crippen molar-refractivity contribution < 1.29 is 0 Å². The molecule has 1 saturated heterocycles. The van der Waals surface area contributed by atoms with E-state index in [1.165, 1.54) is 24.3 Å². The quantitative estimate of drug-likeness (QED) is 0.737. The minimum Gasteiger partial charge on any atom is -0.286 e. The second kappa shape index (κ2) is 6.60. The zero-order valence-electron chi connectivity index (χ0n) is 12.9. The lowest BCUT2D eigenvalue weighted by molar-refractivity contribution is 0.135. The number of hydrogen-bond donors (Lipinski definition) is 0. The summed E-state index contributed by atoms with van der Waals surface area (Å²) in [5, 5.41) is 7.69. The van der Waals surface area contributed by atoms with Crippen LogP contribution in [-0.4, -0.2) is 31.2 Å². The highest BCUT2D eigenvalue weighted by atomic mass is 32.1. The van der Waals surface area contributed by atoms with Crippen LogP contribution in [0.5, 0.6) is 0 Å². The van der Waals surface area contributed by atoms with Crippen molar-refractivity contribution in [3.63, 3.8) is 0 Å². The average molecular weight is 325 g/mol. The topological polar surface area (TPSA) is 46.8 Å². The molecule has 0 saturated carbocycles. The lowest BCUT2D eigenvalue weighted by Gasteiger charge is -2.34. The maximum Gasteiger partial charge on any atom is 0.146 e. The van der Waals surface area contributed by atoms with Crippen LogP contribution >= 0.6 is 11.3 Å². The highest BCUT2D eigenvalue weighted by molar-refractivity contribution is 7.09. The molecule has 3 heterocycles. The molecule has 1 fully saturated rings. The van der Waals surface area contributed by atoms with Crippen molar-refractivity contribution in [1.29, 1.82) is 0 Å². The summed E-state index contributed by atoms with van der Waals surface area (Å²) >= 11 is 1.75. The Morgan fingerprint density at radius 1 is 1.13 bits per heavy atom. The van der Waals surface area contributed by atoms with Gasteiger partial charge >= 0.3 is 0 Å². The van der Waals surface area contributed by atoms with Gasteiger partial charge in [-0.2, -0.15) is 5.10 Å². The fraction of sp³-hybridized carbons (Fsp3) is 0.353. The van der Waals surface area contributed by atoms with Crippen molar-refractivity contribution in [2.45, 2.75) is 31.8 Å². The molecule has 1 aliphatic heterocycles. The molecular formula is C17H19N5S. The lowest BCUT2D eigenvalue weighted by Crippen LogP contribution is -2.33. The first kappa shape index (κ1) is 14.5. The molecule has 1 aliphatic rings. The maximum atomic E-state index is 4.53. The van der Waals surface area contributed by atoms with Gasteiger partial charge in [-0.1, -0.05) is 24.6 Å². The van der Waals surface area contributed by atoms with Gasteiger partial charge in [0.2, 0.25) is 0 Å². The van der Waals surface area contributed by atoms with E-state index in [1.54, 1.807) is 17.7 Å². The molecule has 3 aromatic rings. The summed E-state index contributed by atoms with van der Waals surface area (Å²) < 4.78 is 1.94. The summed E-state index contributed by atoms with van der Waals surface area (Å²) in [6, 6.07) is 10.6. The van der Waals surface area contributed by atoms with Crippen molar-refractivity contribution in [3.8, 4) is 5.69 Å². The van der Waals surface area contributed by atoms with Gasteiger partial charge in [0.15, 0.2) is 0 Å². The Bertz CT molecular complexity index is 737. The predicted molar refractivity (Wildman–Crippen MR) is 90.5 cm³/mol. The first-order chi connectivity index (χ1) is 11.4. The van der Waals surface area contributed by atoms with Crippen LogP contribution in [0, 0.1) is 0 Å². The SMILES string of the molecule is c1ccc(-n2ncnc2CN2CCCCC2c2nccs2)cc1. The molecule has 1 unspecified atom stereocenters. The maximum absolute atomic E-state index is 4.53. The average Bonchev–Trinajstić information content (AvgIpc) is 3.28. The van der Waals surface area contributed by atoms with Gasteiger partial charge < -0.3 is 0 Å². The zero-order chi connectivity index (χ0) is 15.5. The predicted octanol–water partition coefficient (Wildman–Crippen LogP) is 3.45. The standard InChI is InChI=1S/C17H19N5S/c1-2-6-14(7-3-1)22-16(19-13-20-22)12-21-10-5-4-8-15(21)17-18-9-11-23-17/h1-3,6-7,9,11,13,15H,4-5,8,10,12H2. The van der Waals surface area contributed by atoms with Crippen LogP contribution in [-0.2, 0) is 6.54 Å². The Labute approximate surface area is 139 Å². The number of aromatic nitrogens is 4. The van der Waals surface area contributed by atoms with Crippen LogP contribution in [0.1, 0.15) is 36.1 Å². The van der Waals surface area contributed by atoms with Gasteiger partial charge in [0.05, 0.1) is 18.3 Å². The van der Waals surface area contributed by atoms with Crippen molar-refractivity contribution >= 4 is 11.3 Å². The van der Waals surface area contributed by atoms with Crippen LogP contribution in [0.15, 0.2) is 48.2 Å². The summed E-state index contributed by atoms with van der Waals surface area (Å²) in [7, 11) is 0. The van der Waals surface area contributed by atoms with Crippen molar-refractivity contribution in [2.75, 3.05) is 6.54 Å². The number of para-hydroxylation sites is 1. The third-order valence-electron chi connectivity index (χ3n) is 4.31. The highest BCUT2D eigenvalue weighted by Crippen LogP contribution is 2.33. The van der Waals surface area contributed by atoms with E-state index in [0.717, 1.165) is 24.6 Å². The van der Waals surface area contributed by atoms with Crippen LogP contribution in [0.25, 0.3) is 5.69 Å². The Morgan fingerprint density at radius 2 is 2.04 bits per heavy atom. The van der Waals surface area contributed by atoms with Crippen molar-refractivity contribution in [1.82, 2.24) is 24.6 Å². The summed E-state index contributed by atoms with van der Waals surface area (Å²) in [5.74, 6) is 0.986. The molecule has 0 N–H and O–H groups in total. The molecule has 6 heteroatoms. The van der Waals surface area contributed by atoms with Gasteiger partial charge in [-0.3, -0.25) is 4.90 Å². The summed E-state index contributed by atoms with van der Waals surface area (Å²) in [6.45, 7) is 1.89. The second-order valence-electron chi connectivity index (χ2n) is 5.78. The van der Waals surface area contributed by atoms with Crippen LogP contribution in [0.3, 0.4) is 0 Å². The van der Waals surface area contributed by atoms with Crippen molar-refractivity contribution in [2.24, 2.45) is 0 Å². The van der Waals surface area contributed by atoms with Gasteiger partial charge in [-0.05, 0) is 31.5 Å². The van der Waals surface area contributed by atoms with E-state index < -0.39 is 0 Å². The van der Waals surface area contributed by atoms with E-state index in [2.05, 4.69) is 37.5 Å². The number of hydrogen-bond acceptors (Lipinski definition) is 5. The fourth-order valence-corrected chi connectivity index (χ4v) is 4.01. The molecule has 0 spiro atoms. The highest BCUT2D eigenvalue weighted by Gasteiger charge is 2.27. The smallest absolute Gasteiger partial charge is 0.146 e. The Balaban J connectivity index is 1.59. The molecule has 0 amide bonds. The van der Waals surface area contributed by atoms with E-state index in [9.17, 15) is 0 Å². The molecule has 118 valence electrons. The Kier molecular flexibility index (Phi) is 4.17. The van der Waals surface area contributed by atoms with Crippen LogP contribution < -0.4 is 0 Å². The van der Waals surface area contributed by atoms with Crippen LogP contribution in [0.2, 0.25) is 0 Å². The zero-order valence-corrected chi connectivity index (χ0v) is 13.7. The van der Waals surface area contributed by atoms with E-state index >= 15 is 0 Å². The minimum atomic E-state index is 0.407. The third-order valence-corrected chi connectivity index (χ3v) is 5.19. The molecule has 1 atom stereocenters. The third kappa shape index (κ3) is 3.04. The first-order valence-corrected chi connectivity index (χ1v) is 8.87. The number of benzene rings is 1. The number of likely N-dealkylation sites (tertiary alicyclic amines) is 1. The monoisotopic (exact) mass is 325 g/mol. The largest absolute Gasteiger partial charge is 0.286 e. The molecule has 5 nitrogen and oxygen atoms in total. The summed E-state index contributed by atoms with van der Waals surface area (Å²) in [6.07, 6.45) is 7.23. The van der Waals surface area contributed by atoms with Crippen LogP contribution in [0.4, 0.5) is 0 Å². The van der Waals surface area contributed by atoms with Gasteiger partial charge in [0.25, 0.3) is 0 Å². The van der Waals surface area contributed by atoms with Gasteiger partial charge in [0.1, 0.15) is 17.2 Å². The normalized spacial score (nSPS) is 19.0. The second-order valence-corrected chi connectivity index (χ2v) is 6.70. The first-order valence-electron chi connectivity index (χ1n) is 7.99. The molecule has 23 heavy (non-hydrogen) atoms. The van der Waals surface area contributed by atoms with E-state index in [0.29, 0.717) is 6.04 Å². The van der Waals surface area contributed by atoms with Gasteiger partial charge in [0, 0.05) is 11.6 Å². The number of piperidine rings is 1. The number of thiazole rings is 1. The summed E-state index contributed by atoms with van der Waals surface area (Å²) in [5.41, 5.74) is 1.06. The van der Waals surface area contributed by atoms with E-state index in [4.69, 9.17) is 0 Å². The molecule has 0 radical (unpaired) electrons. The van der Waals surface area contributed by atoms with E-state index in [1.807, 2.05) is 29.1 Å². The van der Waals surface area contributed by atoms with Gasteiger partial charge in [-0.15, -0.1) is 11.3 Å². The molecule has 2 aromatic heterocycles. The molecular weight excluding hydrogens is 306 g/mol. The molecule has 0 bridgehead atoms. The number of rotatable bonds is 4. The van der Waals surface area contributed by atoms with Crippen molar-refractivity contribution in [3.05, 3.63) is 59.1 Å². The minimum absolute atomic E-state index is 0.407. The lowest BCUT2D eigenvalue weighted by atomic mass is 10.0. The molecule has 1 aromatic carbocycles. The fourth-order valence-electron chi connectivity index (χ4n) is 3.20. The Hall–Kier alpha value is -2.05. The van der Waals surface area contributed by atoms with Gasteiger partial charge in [-0.25, -0.2) is 14.6 Å². The molecule has 4 rings (SSSR count).